The second-order valence-corrected chi connectivity index (χ2v) is 8.07. The highest BCUT2D eigenvalue weighted by Gasteiger charge is 2.22. The van der Waals surface area contributed by atoms with Gasteiger partial charge in [-0.25, -0.2) is 9.97 Å². The number of nitrogens with two attached hydrogens (primary N) is 1. The number of nitrogens with zero attached hydrogens (tertiary/aromatic N) is 4. The zero-order valence-corrected chi connectivity index (χ0v) is 18.5. The normalized spacial score (nSPS) is 13.9. The molecule has 0 spiro atoms. The molecule has 0 unspecified atom stereocenters. The molecule has 0 bridgehead atoms. The molecule has 158 valence electrons. The van der Waals surface area contributed by atoms with Gasteiger partial charge >= 0.3 is 0 Å². The van der Waals surface area contributed by atoms with Gasteiger partial charge in [0, 0.05) is 18.7 Å². The number of halogens is 2. The summed E-state index contributed by atoms with van der Waals surface area (Å²) in [7, 11) is 0. The lowest BCUT2D eigenvalue weighted by Crippen LogP contribution is -2.31. The van der Waals surface area contributed by atoms with Gasteiger partial charge in [0.2, 0.25) is 0 Å². The fourth-order valence-electron chi connectivity index (χ4n) is 3.62. The van der Waals surface area contributed by atoms with Crippen LogP contribution in [0.3, 0.4) is 0 Å². The summed E-state index contributed by atoms with van der Waals surface area (Å²) in [6.45, 7) is 3.90. The molecule has 0 amide bonds. The summed E-state index contributed by atoms with van der Waals surface area (Å²) in [4.78, 5) is 11.5. The molecule has 6 nitrogen and oxygen atoms in total. The van der Waals surface area contributed by atoms with Gasteiger partial charge in [0.1, 0.15) is 11.8 Å². The number of aromatic nitrogens is 2. The lowest BCUT2D eigenvalue weighted by molar-refractivity contribution is 0.276. The monoisotopic (exact) mass is 445 g/mol. The maximum absolute atomic E-state index is 9.96. The van der Waals surface area contributed by atoms with Gasteiger partial charge in [0.15, 0.2) is 5.82 Å². The quantitative estimate of drug-likeness (QED) is 0.484. The van der Waals surface area contributed by atoms with Gasteiger partial charge in [-0.3, -0.25) is 0 Å². The molecular formula is C22H25Cl2N5O. The maximum atomic E-state index is 9.96. The molecule has 3 N–H and O–H groups in total. The second kappa shape index (κ2) is 10.2. The lowest BCUT2D eigenvalue weighted by atomic mass is 10.0. The van der Waals surface area contributed by atoms with Crippen molar-refractivity contribution >= 4 is 29.0 Å². The minimum atomic E-state index is -0.241. The van der Waals surface area contributed by atoms with E-state index >= 15 is 0 Å². The predicted octanol–water partition coefficient (Wildman–Crippen LogP) is 4.39. The third-order valence-corrected chi connectivity index (χ3v) is 5.99. The fourth-order valence-corrected chi connectivity index (χ4v) is 4.17. The Labute approximate surface area is 187 Å². The molecule has 0 fully saturated rings. The Morgan fingerprint density at radius 1 is 1.27 bits per heavy atom. The van der Waals surface area contributed by atoms with E-state index in [4.69, 9.17) is 33.9 Å². The first-order valence-corrected chi connectivity index (χ1v) is 10.8. The van der Waals surface area contributed by atoms with Gasteiger partial charge in [-0.05, 0) is 51.3 Å². The molecule has 0 atom stereocenters. The summed E-state index contributed by atoms with van der Waals surface area (Å²) in [5.74, 6) is 0.682. The van der Waals surface area contributed by atoms with E-state index < -0.39 is 0 Å². The number of rotatable bonds is 7. The number of aryl methyl sites for hydroxylation is 1. The molecule has 1 aromatic carbocycles. The first kappa shape index (κ1) is 22.5. The van der Waals surface area contributed by atoms with Crippen molar-refractivity contribution in [3.05, 3.63) is 50.8 Å². The van der Waals surface area contributed by atoms with Gasteiger partial charge in [-0.1, -0.05) is 34.9 Å². The van der Waals surface area contributed by atoms with Crippen LogP contribution < -0.4 is 10.6 Å². The number of nitriles is 1. The lowest BCUT2D eigenvalue weighted by Gasteiger charge is -2.29. The standard InChI is InChI=1S/C22H25Cl2N5O/c1-14-21(16-5-6-18(23)17(12-26)20(16)24)28-19(13-30)22(27-14)29-10-7-15(8-11-29)4-2-3-9-25/h5-7,30H,2-4,8-11,13,25H2,1H3. The predicted molar refractivity (Wildman–Crippen MR) is 121 cm³/mol. The molecular weight excluding hydrogens is 421 g/mol. The van der Waals surface area contributed by atoms with Gasteiger partial charge in [0.25, 0.3) is 0 Å². The topological polar surface area (TPSA) is 99.1 Å². The summed E-state index contributed by atoms with van der Waals surface area (Å²) in [6, 6.07) is 5.37. The Bertz CT molecular complexity index is 1000. The number of hydrogen-bond acceptors (Lipinski definition) is 6. The molecule has 1 aromatic heterocycles. The van der Waals surface area contributed by atoms with Crippen molar-refractivity contribution in [1.29, 1.82) is 5.26 Å². The minimum absolute atomic E-state index is 0.204. The number of benzene rings is 1. The van der Waals surface area contributed by atoms with E-state index in [0.29, 0.717) is 33.5 Å². The summed E-state index contributed by atoms with van der Waals surface area (Å²) in [5.41, 5.74) is 9.50. The molecule has 0 aliphatic carbocycles. The summed E-state index contributed by atoms with van der Waals surface area (Å²) >= 11 is 12.5. The summed E-state index contributed by atoms with van der Waals surface area (Å²) < 4.78 is 0. The molecule has 0 saturated heterocycles. The Morgan fingerprint density at radius 2 is 2.07 bits per heavy atom. The highest BCUT2D eigenvalue weighted by molar-refractivity contribution is 6.38. The number of aliphatic hydroxyl groups excluding tert-OH is 1. The van der Waals surface area contributed by atoms with Gasteiger partial charge in [-0.2, -0.15) is 5.26 Å². The Kier molecular flexibility index (Phi) is 7.68. The molecule has 0 radical (unpaired) electrons. The van der Waals surface area contributed by atoms with Crippen molar-refractivity contribution in [3.8, 4) is 17.3 Å². The molecule has 3 rings (SSSR count). The van der Waals surface area contributed by atoms with Crippen molar-refractivity contribution in [2.24, 2.45) is 5.73 Å². The van der Waals surface area contributed by atoms with Gasteiger partial charge < -0.3 is 15.7 Å². The Balaban J connectivity index is 1.90. The smallest absolute Gasteiger partial charge is 0.153 e. The van der Waals surface area contributed by atoms with Crippen molar-refractivity contribution in [1.82, 2.24) is 9.97 Å². The van der Waals surface area contributed by atoms with Crippen LogP contribution >= 0.6 is 23.2 Å². The van der Waals surface area contributed by atoms with Crippen LogP contribution in [-0.2, 0) is 6.61 Å². The third kappa shape index (κ3) is 4.76. The highest BCUT2D eigenvalue weighted by atomic mass is 35.5. The van der Waals surface area contributed by atoms with E-state index in [-0.39, 0.29) is 17.2 Å². The van der Waals surface area contributed by atoms with E-state index in [1.807, 2.05) is 13.0 Å². The zero-order chi connectivity index (χ0) is 21.7. The molecule has 1 aliphatic rings. The van der Waals surface area contributed by atoms with E-state index in [1.165, 1.54) is 5.57 Å². The van der Waals surface area contributed by atoms with E-state index in [2.05, 4.69) is 16.0 Å². The van der Waals surface area contributed by atoms with Crippen LogP contribution in [0.4, 0.5) is 5.82 Å². The maximum Gasteiger partial charge on any atom is 0.153 e. The molecule has 30 heavy (non-hydrogen) atoms. The van der Waals surface area contributed by atoms with Crippen LogP contribution in [-0.4, -0.2) is 34.7 Å². The molecule has 2 aromatic rings. The van der Waals surface area contributed by atoms with Gasteiger partial charge in [-0.15, -0.1) is 0 Å². The molecule has 2 heterocycles. The van der Waals surface area contributed by atoms with Crippen LogP contribution in [0, 0.1) is 18.3 Å². The SMILES string of the molecule is Cc1nc(N2CC=C(CCCCN)CC2)c(CO)nc1-c1ccc(Cl)c(C#N)c1Cl. The number of anilines is 1. The summed E-state index contributed by atoms with van der Waals surface area (Å²) in [6.07, 6.45) is 6.44. The van der Waals surface area contributed by atoms with E-state index in [1.54, 1.807) is 12.1 Å². The van der Waals surface area contributed by atoms with Crippen LogP contribution in [0.25, 0.3) is 11.3 Å². The number of unbranched alkanes of at least 4 members (excludes halogenated alkanes) is 1. The Morgan fingerprint density at radius 3 is 2.70 bits per heavy atom. The average molecular weight is 446 g/mol. The molecule has 1 aliphatic heterocycles. The van der Waals surface area contributed by atoms with Crippen LogP contribution in [0.1, 0.15) is 42.6 Å². The van der Waals surface area contributed by atoms with Gasteiger partial charge in [0.05, 0.1) is 33.6 Å². The van der Waals surface area contributed by atoms with Crippen LogP contribution in [0.15, 0.2) is 23.8 Å². The largest absolute Gasteiger partial charge is 0.390 e. The first-order valence-electron chi connectivity index (χ1n) is 9.99. The van der Waals surface area contributed by atoms with Crippen molar-refractivity contribution in [2.75, 3.05) is 24.5 Å². The van der Waals surface area contributed by atoms with Crippen LogP contribution in [0.2, 0.25) is 10.0 Å². The zero-order valence-electron chi connectivity index (χ0n) is 17.0. The number of aliphatic hydroxyl groups is 1. The average Bonchev–Trinajstić information content (AvgIpc) is 2.75. The highest BCUT2D eigenvalue weighted by Crippen LogP contribution is 2.36. The van der Waals surface area contributed by atoms with E-state index in [9.17, 15) is 10.4 Å². The van der Waals surface area contributed by atoms with Crippen LogP contribution in [0.5, 0.6) is 0 Å². The third-order valence-electron chi connectivity index (χ3n) is 5.28. The second-order valence-electron chi connectivity index (χ2n) is 7.29. The molecule has 8 heteroatoms. The van der Waals surface area contributed by atoms with Crippen molar-refractivity contribution in [2.45, 2.75) is 39.2 Å². The summed E-state index contributed by atoms with van der Waals surface area (Å²) in [5, 5.41) is 19.8. The minimum Gasteiger partial charge on any atom is -0.390 e. The first-order chi connectivity index (χ1) is 14.5. The number of hydrogen-bond donors (Lipinski definition) is 2. The molecule has 0 saturated carbocycles. The van der Waals surface area contributed by atoms with Crippen molar-refractivity contribution < 1.29 is 5.11 Å². The fraction of sp³-hybridized carbons (Fsp3) is 0.409. The van der Waals surface area contributed by atoms with Crippen molar-refractivity contribution in [3.63, 3.8) is 0 Å². The Hall–Kier alpha value is -2.17. The van der Waals surface area contributed by atoms with E-state index in [0.717, 1.165) is 45.3 Å².